The first-order valence-electron chi connectivity index (χ1n) is 15.0. The Labute approximate surface area is 255 Å². The topological polar surface area (TPSA) is 101 Å². The van der Waals surface area contributed by atoms with Gasteiger partial charge >= 0.3 is 6.09 Å². The van der Waals surface area contributed by atoms with Crippen LogP contribution in [0.25, 0.3) is 22.2 Å². The van der Waals surface area contributed by atoms with E-state index in [1.165, 1.54) is 12.1 Å². The summed E-state index contributed by atoms with van der Waals surface area (Å²) in [7, 11) is 0. The lowest BCUT2D eigenvalue weighted by molar-refractivity contribution is 0.0217. The molecule has 1 N–H and O–H groups in total. The fourth-order valence-corrected chi connectivity index (χ4v) is 6.40. The van der Waals surface area contributed by atoms with Crippen LogP contribution in [0.3, 0.4) is 0 Å². The van der Waals surface area contributed by atoms with Gasteiger partial charge in [-0.25, -0.2) is 33.5 Å². The smallest absolute Gasteiger partial charge is 0.410 e. The van der Waals surface area contributed by atoms with Crippen molar-refractivity contribution >= 4 is 28.9 Å². The Morgan fingerprint density at radius 2 is 1.82 bits per heavy atom. The minimum atomic E-state index is -0.571. The number of amides is 1. The van der Waals surface area contributed by atoms with Gasteiger partial charge in [0.1, 0.15) is 28.6 Å². The summed E-state index contributed by atoms with van der Waals surface area (Å²) in [5.41, 5.74) is 1.88. The molecule has 2 aliphatic rings. The van der Waals surface area contributed by atoms with Crippen LogP contribution in [0, 0.1) is 24.5 Å². The number of imidazole rings is 1. The Kier molecular flexibility index (Phi) is 7.73. The first-order valence-corrected chi connectivity index (χ1v) is 15.0. The maximum absolute atomic E-state index is 15.1. The van der Waals surface area contributed by atoms with Crippen molar-refractivity contribution in [3.05, 3.63) is 59.8 Å². The predicted molar refractivity (Wildman–Crippen MR) is 163 cm³/mol. The number of nitrogens with zero attached hydrogens (tertiary/aromatic N) is 7. The molecule has 44 heavy (non-hydrogen) atoms. The fraction of sp³-hybridized carbons (Fsp3) is 0.469. The van der Waals surface area contributed by atoms with Crippen molar-refractivity contribution in [1.82, 2.24) is 34.3 Å². The van der Waals surface area contributed by atoms with E-state index in [0.29, 0.717) is 41.1 Å². The Hall–Kier alpha value is -4.19. The molecule has 0 saturated carbocycles. The number of rotatable bonds is 6. The molecule has 2 aliphatic heterocycles. The van der Waals surface area contributed by atoms with Crippen molar-refractivity contribution in [3.8, 4) is 11.1 Å². The van der Waals surface area contributed by atoms with Crippen LogP contribution >= 0.6 is 0 Å². The Morgan fingerprint density at radius 1 is 1.07 bits per heavy atom. The van der Waals surface area contributed by atoms with Crippen molar-refractivity contribution in [2.75, 3.05) is 25.0 Å². The van der Waals surface area contributed by atoms with Gasteiger partial charge in [-0.2, -0.15) is 0 Å². The van der Waals surface area contributed by atoms with Crippen LogP contribution in [-0.2, 0) is 11.3 Å². The third kappa shape index (κ3) is 5.95. The Balaban J connectivity index is 1.13. The second kappa shape index (κ2) is 11.4. The molecule has 6 rings (SSSR count). The van der Waals surface area contributed by atoms with Crippen LogP contribution in [0.1, 0.15) is 58.5 Å². The number of aryl methyl sites for hydroxylation is 1. The number of pyridine rings is 1. The van der Waals surface area contributed by atoms with Gasteiger partial charge < -0.3 is 19.5 Å². The summed E-state index contributed by atoms with van der Waals surface area (Å²) < 4.78 is 37.6. The fourth-order valence-electron chi connectivity index (χ4n) is 6.40. The summed E-state index contributed by atoms with van der Waals surface area (Å²) in [4.78, 5) is 34.3. The third-order valence-electron chi connectivity index (χ3n) is 8.21. The van der Waals surface area contributed by atoms with E-state index < -0.39 is 17.2 Å². The molecule has 2 atom stereocenters. The maximum Gasteiger partial charge on any atom is 0.410 e. The largest absolute Gasteiger partial charge is 0.444 e. The predicted octanol–water partition coefficient (Wildman–Crippen LogP) is 6.24. The second-order valence-electron chi connectivity index (χ2n) is 13.0. The normalized spacial score (nSPS) is 18.8. The van der Waals surface area contributed by atoms with E-state index in [4.69, 9.17) is 4.74 Å². The zero-order chi connectivity index (χ0) is 31.3. The summed E-state index contributed by atoms with van der Waals surface area (Å²) in [6, 6.07) is 4.79. The molecule has 10 nitrogen and oxygen atoms in total. The van der Waals surface area contributed by atoms with Gasteiger partial charge in [-0.3, -0.25) is 4.90 Å². The number of ether oxygens (including phenoxy) is 1. The third-order valence-corrected chi connectivity index (χ3v) is 8.21. The van der Waals surface area contributed by atoms with Crippen LogP contribution in [0.5, 0.6) is 0 Å². The molecule has 0 spiro atoms. The molecule has 2 fully saturated rings. The molecule has 3 aromatic heterocycles. The van der Waals surface area contributed by atoms with E-state index in [1.54, 1.807) is 18.5 Å². The van der Waals surface area contributed by atoms with Crippen LogP contribution in [0.4, 0.5) is 25.3 Å². The van der Waals surface area contributed by atoms with Crippen molar-refractivity contribution in [2.24, 2.45) is 5.92 Å². The number of anilines is 2. The van der Waals surface area contributed by atoms with Crippen LogP contribution in [0.2, 0.25) is 0 Å². The number of nitrogens with one attached hydrogen (secondary N) is 1. The van der Waals surface area contributed by atoms with Gasteiger partial charge in [0.25, 0.3) is 0 Å². The number of carbonyl (C=O) groups is 1. The van der Waals surface area contributed by atoms with Gasteiger partial charge in [-0.05, 0) is 77.6 Å². The highest BCUT2D eigenvalue weighted by atomic mass is 19.1. The lowest BCUT2D eigenvalue weighted by Gasteiger charge is -2.28. The van der Waals surface area contributed by atoms with Crippen molar-refractivity contribution < 1.29 is 18.3 Å². The molecule has 5 heterocycles. The Morgan fingerprint density at radius 3 is 2.52 bits per heavy atom. The SMILES string of the molecule is Cc1nc2c(F)cc(-c3cc(Nc4ncc(CN5C[C@H]6CCN(C(=O)OC(C)(C)C)[C@H]6C5)cn4)ncc3F)cc2n1C(C)C. The van der Waals surface area contributed by atoms with E-state index in [-0.39, 0.29) is 29.3 Å². The van der Waals surface area contributed by atoms with E-state index in [1.807, 2.05) is 51.0 Å². The molecular formula is C32H38F2N8O2. The molecular weight excluding hydrogens is 566 g/mol. The molecule has 1 aromatic carbocycles. The van der Waals surface area contributed by atoms with Crippen LogP contribution < -0.4 is 5.32 Å². The minimum absolute atomic E-state index is 0.0614. The zero-order valence-corrected chi connectivity index (χ0v) is 25.9. The maximum atomic E-state index is 15.1. The van der Waals surface area contributed by atoms with Gasteiger partial charge in [0.15, 0.2) is 5.82 Å². The molecule has 0 unspecified atom stereocenters. The number of fused-ring (bicyclic) bond motifs is 2. The quantitative estimate of drug-likeness (QED) is 0.276. The molecule has 0 aliphatic carbocycles. The monoisotopic (exact) mass is 604 g/mol. The van der Waals surface area contributed by atoms with Gasteiger partial charge in [-0.15, -0.1) is 0 Å². The lowest BCUT2D eigenvalue weighted by atomic mass is 10.0. The first-order chi connectivity index (χ1) is 20.9. The van der Waals surface area contributed by atoms with Gasteiger partial charge in [0.05, 0.1) is 17.8 Å². The zero-order valence-electron chi connectivity index (χ0n) is 25.9. The molecule has 12 heteroatoms. The highest BCUT2D eigenvalue weighted by molar-refractivity contribution is 5.84. The summed E-state index contributed by atoms with van der Waals surface area (Å²) in [5.74, 6) is 0.676. The van der Waals surface area contributed by atoms with E-state index in [2.05, 4.69) is 30.2 Å². The Bertz CT molecular complexity index is 1700. The minimum Gasteiger partial charge on any atom is -0.444 e. The molecule has 0 radical (unpaired) electrons. The van der Waals surface area contributed by atoms with Crippen molar-refractivity contribution in [3.63, 3.8) is 0 Å². The summed E-state index contributed by atoms with van der Waals surface area (Å²) in [5, 5.41) is 3.03. The van der Waals surface area contributed by atoms with Crippen LogP contribution in [-0.4, -0.2) is 71.7 Å². The summed E-state index contributed by atoms with van der Waals surface area (Å²) in [6.45, 7) is 14.5. The molecule has 1 amide bonds. The van der Waals surface area contributed by atoms with E-state index in [9.17, 15) is 9.18 Å². The first kappa shape index (κ1) is 29.9. The number of aromatic nitrogens is 5. The van der Waals surface area contributed by atoms with Gasteiger partial charge in [0.2, 0.25) is 5.95 Å². The van der Waals surface area contributed by atoms with Gasteiger partial charge in [0, 0.05) is 55.7 Å². The highest BCUT2D eigenvalue weighted by Crippen LogP contribution is 2.34. The lowest BCUT2D eigenvalue weighted by Crippen LogP contribution is -2.42. The van der Waals surface area contributed by atoms with E-state index in [0.717, 1.165) is 37.8 Å². The number of carbonyl (C=O) groups excluding carboxylic acids is 1. The molecule has 0 bridgehead atoms. The number of hydrogen-bond acceptors (Lipinski definition) is 8. The standard InChI is InChI=1S/C32H38F2N8O2/c1-18(2)42-19(3)38-29-24(33)9-22(10-26(29)42)23-11-28(35-14-25(23)34)39-30-36-12-20(13-37-30)15-40-16-21-7-8-41(27(21)17-40)31(43)44-32(4,5)6/h9-14,18,21,27H,7-8,15-17H2,1-6H3,(H,35,36,37,39)/t21-,27+/m1/s1. The number of benzene rings is 1. The van der Waals surface area contributed by atoms with E-state index >= 15 is 4.39 Å². The van der Waals surface area contributed by atoms with Gasteiger partial charge in [-0.1, -0.05) is 0 Å². The highest BCUT2D eigenvalue weighted by Gasteiger charge is 2.44. The van der Waals surface area contributed by atoms with Crippen molar-refractivity contribution in [2.45, 2.75) is 72.2 Å². The summed E-state index contributed by atoms with van der Waals surface area (Å²) in [6.07, 6.45) is 5.32. The number of likely N-dealkylation sites (tertiary alicyclic amines) is 2. The molecule has 4 aromatic rings. The second-order valence-corrected chi connectivity index (χ2v) is 13.0. The van der Waals surface area contributed by atoms with Crippen LogP contribution in [0.15, 0.2) is 36.8 Å². The summed E-state index contributed by atoms with van der Waals surface area (Å²) >= 11 is 0. The molecule has 232 valence electrons. The average molecular weight is 605 g/mol. The average Bonchev–Trinajstić information content (AvgIpc) is 3.62. The number of halogens is 2. The molecule has 2 saturated heterocycles. The van der Waals surface area contributed by atoms with Crippen molar-refractivity contribution in [1.29, 1.82) is 0 Å². The number of hydrogen-bond donors (Lipinski definition) is 1.